The molecule has 22 heavy (non-hydrogen) atoms. The third kappa shape index (κ3) is 7.38. The Morgan fingerprint density at radius 1 is 1.36 bits per heavy atom. The second kappa shape index (κ2) is 9.28. The number of carbonyl (C=O) groups excluding carboxylic acids is 1. The SMILES string of the molecule is C=C[C@H](O[Si](C)(C)C(C)(C)C)[C@@H](O)CC/C=C/C(=O)OCC. The summed E-state index contributed by atoms with van der Waals surface area (Å²) in [6.45, 7) is 16.7. The van der Waals surface area contributed by atoms with Crippen LogP contribution < -0.4 is 0 Å². The van der Waals surface area contributed by atoms with Crippen LogP contribution in [0, 0.1) is 0 Å². The van der Waals surface area contributed by atoms with Crippen LogP contribution in [-0.4, -0.2) is 38.2 Å². The molecule has 0 unspecified atom stereocenters. The molecule has 0 saturated heterocycles. The highest BCUT2D eigenvalue weighted by Crippen LogP contribution is 2.37. The van der Waals surface area contributed by atoms with Crippen molar-refractivity contribution in [2.45, 2.75) is 70.9 Å². The molecule has 0 bridgehead atoms. The smallest absolute Gasteiger partial charge is 0.330 e. The van der Waals surface area contributed by atoms with Gasteiger partial charge in [0.2, 0.25) is 0 Å². The van der Waals surface area contributed by atoms with E-state index in [2.05, 4.69) is 40.4 Å². The molecule has 0 aromatic carbocycles. The lowest BCUT2D eigenvalue weighted by Crippen LogP contribution is -2.46. The van der Waals surface area contributed by atoms with Crippen molar-refractivity contribution in [1.82, 2.24) is 0 Å². The minimum Gasteiger partial charge on any atom is -0.463 e. The van der Waals surface area contributed by atoms with Gasteiger partial charge in [0, 0.05) is 6.08 Å². The molecule has 0 aromatic rings. The molecule has 0 aromatic heterocycles. The quantitative estimate of drug-likeness (QED) is 0.302. The number of hydrogen-bond acceptors (Lipinski definition) is 4. The summed E-state index contributed by atoms with van der Waals surface area (Å²) in [6, 6.07) is 0. The number of carbonyl (C=O) groups is 1. The highest BCUT2D eigenvalue weighted by atomic mass is 28.4. The van der Waals surface area contributed by atoms with Gasteiger partial charge in [-0.25, -0.2) is 4.79 Å². The minimum absolute atomic E-state index is 0.0811. The van der Waals surface area contributed by atoms with E-state index in [0.29, 0.717) is 19.4 Å². The average molecular weight is 329 g/mol. The Hall–Kier alpha value is -0.913. The van der Waals surface area contributed by atoms with Gasteiger partial charge >= 0.3 is 5.97 Å². The maximum Gasteiger partial charge on any atom is 0.330 e. The van der Waals surface area contributed by atoms with Gasteiger partial charge in [0.05, 0.1) is 18.8 Å². The van der Waals surface area contributed by atoms with Gasteiger partial charge in [0.25, 0.3) is 0 Å². The van der Waals surface area contributed by atoms with Crippen LogP contribution in [0.1, 0.15) is 40.5 Å². The van der Waals surface area contributed by atoms with Crippen molar-refractivity contribution >= 4 is 14.3 Å². The van der Waals surface area contributed by atoms with Gasteiger partial charge in [-0.15, -0.1) is 6.58 Å². The maximum absolute atomic E-state index is 11.2. The second-order valence-electron chi connectivity index (χ2n) is 6.88. The Balaban J connectivity index is 4.46. The average Bonchev–Trinajstić information content (AvgIpc) is 2.39. The zero-order valence-corrected chi connectivity index (χ0v) is 15.9. The molecular weight excluding hydrogens is 296 g/mol. The van der Waals surface area contributed by atoms with Crippen molar-refractivity contribution in [1.29, 1.82) is 0 Å². The molecule has 5 heteroatoms. The van der Waals surface area contributed by atoms with Crippen LogP contribution in [0.15, 0.2) is 24.8 Å². The van der Waals surface area contributed by atoms with Crippen molar-refractivity contribution < 1.29 is 19.1 Å². The predicted molar refractivity (Wildman–Crippen MR) is 93.3 cm³/mol. The molecule has 0 spiro atoms. The van der Waals surface area contributed by atoms with E-state index >= 15 is 0 Å². The van der Waals surface area contributed by atoms with Crippen LogP contribution in [-0.2, 0) is 14.0 Å². The van der Waals surface area contributed by atoms with Gasteiger partial charge in [-0.1, -0.05) is 32.9 Å². The highest BCUT2D eigenvalue weighted by Gasteiger charge is 2.39. The minimum atomic E-state index is -1.95. The van der Waals surface area contributed by atoms with Gasteiger partial charge in [0.1, 0.15) is 0 Å². The number of esters is 1. The van der Waals surface area contributed by atoms with Crippen molar-refractivity contribution in [2.75, 3.05) is 6.61 Å². The lowest BCUT2D eigenvalue weighted by atomic mass is 10.1. The van der Waals surface area contributed by atoms with Gasteiger partial charge in [-0.2, -0.15) is 0 Å². The van der Waals surface area contributed by atoms with Crippen molar-refractivity contribution in [3.05, 3.63) is 24.8 Å². The highest BCUT2D eigenvalue weighted by molar-refractivity contribution is 6.74. The van der Waals surface area contributed by atoms with Gasteiger partial charge < -0.3 is 14.3 Å². The summed E-state index contributed by atoms with van der Waals surface area (Å²) in [5.41, 5.74) is 0. The van der Waals surface area contributed by atoms with Crippen LogP contribution in [0.4, 0.5) is 0 Å². The number of aliphatic hydroxyl groups excluding tert-OH is 1. The van der Waals surface area contributed by atoms with Crippen molar-refractivity contribution in [2.24, 2.45) is 0 Å². The third-order valence-electron chi connectivity index (χ3n) is 4.02. The lowest BCUT2D eigenvalue weighted by molar-refractivity contribution is -0.137. The van der Waals surface area contributed by atoms with Gasteiger partial charge in [-0.05, 0) is 37.9 Å². The summed E-state index contributed by atoms with van der Waals surface area (Å²) in [6.07, 6.45) is 4.88. The largest absolute Gasteiger partial charge is 0.463 e. The molecule has 0 aliphatic carbocycles. The molecule has 128 valence electrons. The molecular formula is C17H32O4Si. The van der Waals surface area contributed by atoms with Crippen LogP contribution in [0.2, 0.25) is 18.1 Å². The number of allylic oxidation sites excluding steroid dienone is 1. The van der Waals surface area contributed by atoms with E-state index in [1.165, 1.54) is 6.08 Å². The Kier molecular flexibility index (Phi) is 8.89. The van der Waals surface area contributed by atoms with Crippen LogP contribution in [0.5, 0.6) is 0 Å². The predicted octanol–water partition coefficient (Wildman–Crippen LogP) is 3.82. The summed E-state index contributed by atoms with van der Waals surface area (Å²) >= 11 is 0. The molecule has 4 nitrogen and oxygen atoms in total. The standard InChI is InChI=1S/C17H32O4Si/c1-8-15(21-22(6,7)17(3,4)5)14(18)12-10-11-13-16(19)20-9-2/h8,11,13-15,18H,1,9-10,12H2,2-7H3/b13-11+/t14-,15-/m0/s1. The first-order valence-electron chi connectivity index (χ1n) is 7.87. The molecule has 0 aliphatic heterocycles. The van der Waals surface area contributed by atoms with E-state index in [4.69, 9.17) is 9.16 Å². The summed E-state index contributed by atoms with van der Waals surface area (Å²) < 4.78 is 11.0. The normalized spacial score (nSPS) is 15.6. The van der Waals surface area contributed by atoms with Gasteiger partial charge in [0.15, 0.2) is 8.32 Å². The molecule has 0 fully saturated rings. The van der Waals surface area contributed by atoms with E-state index in [1.807, 2.05) is 0 Å². The number of rotatable bonds is 9. The number of aliphatic hydroxyl groups is 1. The first-order valence-corrected chi connectivity index (χ1v) is 10.8. The Morgan fingerprint density at radius 2 is 1.95 bits per heavy atom. The fourth-order valence-electron chi connectivity index (χ4n) is 1.60. The van der Waals surface area contributed by atoms with Crippen LogP contribution >= 0.6 is 0 Å². The molecule has 0 amide bonds. The molecule has 0 aliphatic rings. The second-order valence-corrected chi connectivity index (χ2v) is 11.6. The molecule has 0 radical (unpaired) electrons. The van der Waals surface area contributed by atoms with E-state index in [0.717, 1.165) is 0 Å². The van der Waals surface area contributed by atoms with Crippen LogP contribution in [0.25, 0.3) is 0 Å². The lowest BCUT2D eigenvalue weighted by Gasteiger charge is -2.39. The van der Waals surface area contributed by atoms with E-state index in [1.54, 1.807) is 19.1 Å². The molecule has 1 N–H and O–H groups in total. The molecule has 0 heterocycles. The zero-order valence-electron chi connectivity index (χ0n) is 14.9. The Labute approximate surface area is 136 Å². The van der Waals surface area contributed by atoms with E-state index in [-0.39, 0.29) is 17.1 Å². The summed E-state index contributed by atoms with van der Waals surface area (Å²) in [5.74, 6) is -0.352. The maximum atomic E-state index is 11.2. The molecule has 2 atom stereocenters. The first-order chi connectivity index (χ1) is 10.0. The fourth-order valence-corrected chi connectivity index (χ4v) is 2.89. The zero-order chi connectivity index (χ0) is 17.4. The van der Waals surface area contributed by atoms with Crippen molar-refractivity contribution in [3.8, 4) is 0 Å². The van der Waals surface area contributed by atoms with Crippen LogP contribution in [0.3, 0.4) is 0 Å². The summed E-state index contributed by atoms with van der Waals surface area (Å²) in [7, 11) is -1.95. The summed E-state index contributed by atoms with van der Waals surface area (Å²) in [5, 5.41) is 10.4. The topological polar surface area (TPSA) is 55.8 Å². The molecule has 0 rings (SSSR count). The van der Waals surface area contributed by atoms with E-state index in [9.17, 15) is 9.90 Å². The fraction of sp³-hybridized carbons (Fsp3) is 0.706. The third-order valence-corrected chi connectivity index (χ3v) is 8.49. The Morgan fingerprint density at radius 3 is 2.41 bits per heavy atom. The first kappa shape index (κ1) is 21.1. The number of hydrogen-bond donors (Lipinski definition) is 1. The Bertz CT molecular complexity index is 383. The van der Waals surface area contributed by atoms with Gasteiger partial charge in [-0.3, -0.25) is 0 Å². The molecule has 0 saturated carbocycles. The monoisotopic (exact) mass is 328 g/mol. The number of ether oxygens (including phenoxy) is 1. The van der Waals surface area contributed by atoms with E-state index < -0.39 is 14.4 Å². The van der Waals surface area contributed by atoms with Crippen molar-refractivity contribution in [3.63, 3.8) is 0 Å². The summed E-state index contributed by atoms with van der Waals surface area (Å²) in [4.78, 5) is 11.2.